The van der Waals surface area contributed by atoms with E-state index in [-0.39, 0.29) is 35.4 Å². The Balaban J connectivity index is 1.19. The Morgan fingerprint density at radius 2 is 1.02 bits per heavy atom. The fraction of sp³-hybridized carbons (Fsp3) is 0. The van der Waals surface area contributed by atoms with Crippen molar-refractivity contribution < 1.29 is 9.90 Å². The number of fused-ring (bicyclic) bond motifs is 5. The highest BCUT2D eigenvalue weighted by atomic mass is 16.3. The van der Waals surface area contributed by atoms with Gasteiger partial charge in [0.25, 0.3) is 0 Å². The van der Waals surface area contributed by atoms with Crippen molar-refractivity contribution in [2.24, 2.45) is 0 Å². The van der Waals surface area contributed by atoms with E-state index >= 15 is 0 Å². The molecule has 1 heterocycles. The maximum atomic E-state index is 9.66. The summed E-state index contributed by atoms with van der Waals surface area (Å²) in [4.78, 5) is 1.89. The van der Waals surface area contributed by atoms with E-state index in [9.17, 15) is 5.48 Å². The van der Waals surface area contributed by atoms with E-state index in [0.29, 0.717) is 11.3 Å². The van der Waals surface area contributed by atoms with E-state index in [1.54, 1.807) is 0 Å². The van der Waals surface area contributed by atoms with Crippen molar-refractivity contribution in [2.45, 2.75) is 0 Å². The lowest BCUT2D eigenvalue weighted by molar-refractivity contribution is 0.673. The van der Waals surface area contributed by atoms with Gasteiger partial charge >= 0.3 is 0 Å². The first-order valence-electron chi connectivity index (χ1n) is 20.1. The standard InChI is InChI=1S/C52H35NO/c1-3-14-36(15-4-1)40-19-11-20-41(34-40)37-28-31-43(32-29-37)53(49-26-10-9-23-45(49)38-16-5-2-6-17-38)44-22-12-21-42(35-44)46-25-13-27-50-51(46)48-33-30-39-18-7-8-24-47(39)52(48)54-50/h1-35H/i28D,29D,31D,32D. The predicted octanol–water partition coefficient (Wildman–Crippen LogP) is 14.9. The van der Waals surface area contributed by atoms with Crippen LogP contribution in [0.15, 0.2) is 217 Å². The minimum absolute atomic E-state index is 0.110. The van der Waals surface area contributed by atoms with E-state index in [1.807, 2.05) is 150 Å². The first-order chi connectivity index (χ1) is 28.5. The van der Waals surface area contributed by atoms with E-state index in [0.717, 1.165) is 71.8 Å². The molecule has 0 fully saturated rings. The summed E-state index contributed by atoms with van der Waals surface area (Å²) in [6.45, 7) is 0. The third-order valence-corrected chi connectivity index (χ3v) is 10.1. The summed E-state index contributed by atoms with van der Waals surface area (Å²) in [6, 6.07) is 61.8. The van der Waals surface area contributed by atoms with Gasteiger partial charge in [-0.1, -0.05) is 164 Å². The van der Waals surface area contributed by atoms with Crippen LogP contribution in [0.5, 0.6) is 0 Å². The molecule has 0 spiro atoms. The number of hydrogen-bond acceptors (Lipinski definition) is 2. The van der Waals surface area contributed by atoms with Crippen LogP contribution in [0.4, 0.5) is 17.1 Å². The summed E-state index contributed by atoms with van der Waals surface area (Å²) < 4.78 is 44.8. The number of furan rings is 1. The Labute approximate surface area is 320 Å². The van der Waals surface area contributed by atoms with Crippen molar-refractivity contribution >= 4 is 49.8 Å². The highest BCUT2D eigenvalue weighted by Gasteiger charge is 2.20. The van der Waals surface area contributed by atoms with Crippen LogP contribution in [-0.2, 0) is 0 Å². The molecule has 0 bridgehead atoms. The van der Waals surface area contributed by atoms with E-state index < -0.39 is 0 Å². The molecule has 0 aliphatic rings. The maximum absolute atomic E-state index is 9.66. The maximum Gasteiger partial charge on any atom is 0.143 e. The Kier molecular flexibility index (Phi) is 6.84. The van der Waals surface area contributed by atoms with Gasteiger partial charge in [-0.15, -0.1) is 0 Å². The van der Waals surface area contributed by atoms with Gasteiger partial charge < -0.3 is 9.32 Å². The van der Waals surface area contributed by atoms with Crippen molar-refractivity contribution in [3.05, 3.63) is 212 Å². The Hall–Kier alpha value is -7.16. The van der Waals surface area contributed by atoms with Gasteiger partial charge in [0, 0.05) is 33.1 Å². The average Bonchev–Trinajstić information content (AvgIpc) is 3.68. The number of rotatable bonds is 7. The molecule has 0 saturated carbocycles. The lowest BCUT2D eigenvalue weighted by atomic mass is 9.97. The smallest absolute Gasteiger partial charge is 0.143 e. The topological polar surface area (TPSA) is 16.4 Å². The molecule has 1 aromatic heterocycles. The number of hydrogen-bond donors (Lipinski definition) is 0. The summed E-state index contributed by atoms with van der Waals surface area (Å²) in [5.74, 6) is 0. The number of nitrogens with zero attached hydrogens (tertiary/aromatic N) is 1. The van der Waals surface area contributed by atoms with Gasteiger partial charge in [0.05, 0.1) is 11.2 Å². The van der Waals surface area contributed by atoms with Gasteiger partial charge in [-0.2, -0.15) is 0 Å². The quantitative estimate of drug-likeness (QED) is 0.165. The second kappa shape index (κ2) is 13.4. The van der Waals surface area contributed by atoms with E-state index in [4.69, 9.17) is 4.42 Å². The summed E-state index contributed by atoms with van der Waals surface area (Å²) in [5.41, 5.74) is 9.78. The molecule has 0 saturated heterocycles. The van der Waals surface area contributed by atoms with Crippen molar-refractivity contribution in [3.8, 4) is 44.5 Å². The molecule has 0 amide bonds. The molecular formula is C52H35NO. The fourth-order valence-electron chi connectivity index (χ4n) is 7.57. The molecule has 2 heteroatoms. The molecule has 254 valence electrons. The Bertz CT molecular complexity index is 3150. The predicted molar refractivity (Wildman–Crippen MR) is 228 cm³/mol. The van der Waals surface area contributed by atoms with Crippen LogP contribution in [0.1, 0.15) is 5.48 Å². The molecular weight excluding hydrogens is 655 g/mol. The van der Waals surface area contributed by atoms with Crippen LogP contribution in [0, 0.1) is 0 Å². The molecule has 0 aliphatic carbocycles. The van der Waals surface area contributed by atoms with Crippen LogP contribution < -0.4 is 4.90 Å². The number of para-hydroxylation sites is 1. The monoisotopic (exact) mass is 693 g/mol. The zero-order chi connectivity index (χ0) is 39.3. The minimum atomic E-state index is -0.135. The van der Waals surface area contributed by atoms with Gasteiger partial charge in [0.15, 0.2) is 0 Å². The van der Waals surface area contributed by atoms with Gasteiger partial charge in [0.1, 0.15) is 11.2 Å². The molecule has 0 radical (unpaired) electrons. The van der Waals surface area contributed by atoms with E-state index in [2.05, 4.69) is 42.5 Å². The minimum Gasteiger partial charge on any atom is -0.455 e. The zero-order valence-corrected chi connectivity index (χ0v) is 29.3. The molecule has 0 atom stereocenters. The van der Waals surface area contributed by atoms with Crippen LogP contribution >= 0.6 is 0 Å². The molecule has 2 nitrogen and oxygen atoms in total. The summed E-state index contributed by atoms with van der Waals surface area (Å²) in [5, 5.41) is 4.19. The molecule has 0 aliphatic heterocycles. The van der Waals surface area contributed by atoms with Crippen molar-refractivity contribution in [2.75, 3.05) is 4.90 Å². The Morgan fingerprint density at radius 3 is 1.85 bits per heavy atom. The molecule has 0 N–H and O–H groups in total. The molecule has 0 unspecified atom stereocenters. The Morgan fingerprint density at radius 1 is 0.389 bits per heavy atom. The van der Waals surface area contributed by atoms with Crippen LogP contribution in [0.2, 0.25) is 0 Å². The zero-order valence-electron chi connectivity index (χ0n) is 33.3. The van der Waals surface area contributed by atoms with Crippen LogP contribution in [0.25, 0.3) is 77.2 Å². The highest BCUT2D eigenvalue weighted by molar-refractivity contribution is 6.19. The largest absolute Gasteiger partial charge is 0.455 e. The van der Waals surface area contributed by atoms with Crippen molar-refractivity contribution in [3.63, 3.8) is 0 Å². The van der Waals surface area contributed by atoms with E-state index in [1.165, 1.54) is 0 Å². The fourth-order valence-corrected chi connectivity index (χ4v) is 7.57. The molecule has 10 rings (SSSR count). The summed E-state index contributed by atoms with van der Waals surface area (Å²) >= 11 is 0. The number of benzene rings is 9. The third-order valence-electron chi connectivity index (χ3n) is 10.1. The van der Waals surface area contributed by atoms with Crippen LogP contribution in [-0.4, -0.2) is 0 Å². The van der Waals surface area contributed by atoms with Gasteiger partial charge in [-0.3, -0.25) is 0 Å². The normalized spacial score (nSPS) is 12.4. The third kappa shape index (κ3) is 5.62. The average molecular weight is 694 g/mol. The summed E-state index contributed by atoms with van der Waals surface area (Å²) in [7, 11) is 0. The van der Waals surface area contributed by atoms with Crippen LogP contribution in [0.3, 0.4) is 0 Å². The molecule has 9 aromatic carbocycles. The lowest BCUT2D eigenvalue weighted by Gasteiger charge is -2.28. The van der Waals surface area contributed by atoms with Crippen molar-refractivity contribution in [1.82, 2.24) is 0 Å². The van der Waals surface area contributed by atoms with Gasteiger partial charge in [-0.25, -0.2) is 0 Å². The first kappa shape index (κ1) is 27.5. The molecule has 10 aromatic rings. The van der Waals surface area contributed by atoms with Gasteiger partial charge in [-0.05, 0) is 92.8 Å². The van der Waals surface area contributed by atoms with Gasteiger partial charge in [0.2, 0.25) is 0 Å². The van der Waals surface area contributed by atoms with Crippen molar-refractivity contribution in [1.29, 1.82) is 0 Å². The SMILES string of the molecule is [2H]c1c([2H])c(N(c2cccc(-c3cccc4oc5c6ccccc6ccc5c34)c2)c2ccccc2-c2ccccc2)c([2H])c([2H])c1-c1cccc(-c2ccccc2)c1. The second-order valence-electron chi connectivity index (χ2n) is 13.4. The highest BCUT2D eigenvalue weighted by Crippen LogP contribution is 2.44. The number of anilines is 3. The first-order valence-corrected chi connectivity index (χ1v) is 18.1. The lowest BCUT2D eigenvalue weighted by Crippen LogP contribution is -2.11. The second-order valence-corrected chi connectivity index (χ2v) is 13.4. The molecule has 54 heavy (non-hydrogen) atoms. The summed E-state index contributed by atoms with van der Waals surface area (Å²) in [6.07, 6.45) is 0.